The van der Waals surface area contributed by atoms with E-state index in [1.54, 1.807) is 0 Å². The van der Waals surface area contributed by atoms with E-state index in [9.17, 15) is 9.90 Å². The average Bonchev–Trinajstić information content (AvgIpc) is 2.36. The molecule has 5 nitrogen and oxygen atoms in total. The van der Waals surface area contributed by atoms with Crippen molar-refractivity contribution in [2.24, 2.45) is 0 Å². The molecule has 1 saturated heterocycles. The summed E-state index contributed by atoms with van der Waals surface area (Å²) in [5, 5.41) is 9.85. The molecule has 0 aliphatic carbocycles. The molecule has 1 fully saturated rings. The molecular weight excluding hydrogens is 266 g/mol. The van der Waals surface area contributed by atoms with Gasteiger partial charge in [0.1, 0.15) is 0 Å². The van der Waals surface area contributed by atoms with Crippen molar-refractivity contribution < 1.29 is 9.90 Å². The van der Waals surface area contributed by atoms with Crippen LogP contribution in [0.2, 0.25) is 0 Å². The van der Waals surface area contributed by atoms with E-state index in [1.165, 1.54) is 0 Å². The van der Waals surface area contributed by atoms with Crippen molar-refractivity contribution in [2.45, 2.75) is 33.3 Å². The minimum absolute atomic E-state index is 0.177. The lowest BCUT2D eigenvalue weighted by Crippen LogP contribution is -2.52. The third kappa shape index (κ3) is 7.07. The molecule has 0 atom stereocenters. The number of rotatable bonds is 7. The monoisotopic (exact) mass is 297 g/mol. The second-order valence-corrected chi connectivity index (χ2v) is 6.73. The Bertz CT molecular complexity index is 355. The number of piperazine rings is 1. The van der Waals surface area contributed by atoms with Gasteiger partial charge in [0, 0.05) is 45.8 Å². The molecule has 5 heteroatoms. The van der Waals surface area contributed by atoms with Crippen LogP contribution in [-0.4, -0.2) is 83.7 Å². The Morgan fingerprint density at radius 2 is 1.76 bits per heavy atom. The Morgan fingerprint density at radius 3 is 2.19 bits per heavy atom. The first-order valence-corrected chi connectivity index (χ1v) is 7.80. The Morgan fingerprint density at radius 1 is 1.24 bits per heavy atom. The van der Waals surface area contributed by atoms with Crippen molar-refractivity contribution in [3.05, 3.63) is 12.2 Å². The molecule has 122 valence electrons. The van der Waals surface area contributed by atoms with E-state index in [-0.39, 0.29) is 5.91 Å². The van der Waals surface area contributed by atoms with Gasteiger partial charge in [-0.3, -0.25) is 14.6 Å². The topological polar surface area (TPSA) is 47.0 Å². The zero-order valence-electron chi connectivity index (χ0n) is 14.1. The number of hydrogen-bond acceptors (Lipinski definition) is 4. The molecule has 0 aromatic carbocycles. The summed E-state index contributed by atoms with van der Waals surface area (Å²) in [6.45, 7) is 17.6. The van der Waals surface area contributed by atoms with Gasteiger partial charge in [-0.2, -0.15) is 0 Å². The Kier molecular flexibility index (Phi) is 6.84. The first-order valence-electron chi connectivity index (χ1n) is 7.80. The van der Waals surface area contributed by atoms with Gasteiger partial charge in [-0.15, -0.1) is 0 Å². The summed E-state index contributed by atoms with van der Waals surface area (Å²) in [7, 11) is 0. The largest absolute Gasteiger partial charge is 0.389 e. The van der Waals surface area contributed by atoms with Crippen LogP contribution in [-0.2, 0) is 4.79 Å². The molecule has 1 N–H and O–H groups in total. The summed E-state index contributed by atoms with van der Waals surface area (Å²) in [4.78, 5) is 18.6. The highest BCUT2D eigenvalue weighted by molar-refractivity contribution is 5.78. The van der Waals surface area contributed by atoms with Gasteiger partial charge < -0.3 is 10.0 Å². The summed E-state index contributed by atoms with van der Waals surface area (Å²) in [6.07, 6.45) is 0. The molecule has 0 aromatic heterocycles. The second kappa shape index (κ2) is 7.92. The van der Waals surface area contributed by atoms with Gasteiger partial charge in [-0.1, -0.05) is 12.2 Å². The van der Waals surface area contributed by atoms with Crippen LogP contribution in [0.3, 0.4) is 0 Å². The third-order valence-electron chi connectivity index (χ3n) is 3.63. The SMILES string of the molecule is C=C(C)CN(CC)C(=O)CN1CCN(CC(C)(C)O)CC1. The van der Waals surface area contributed by atoms with Crippen LogP contribution in [0.1, 0.15) is 27.7 Å². The molecule has 1 heterocycles. The van der Waals surface area contributed by atoms with E-state index >= 15 is 0 Å². The van der Waals surface area contributed by atoms with Crippen molar-refractivity contribution >= 4 is 5.91 Å². The maximum absolute atomic E-state index is 12.3. The van der Waals surface area contributed by atoms with Crippen molar-refractivity contribution in [3.8, 4) is 0 Å². The predicted molar refractivity (Wildman–Crippen MR) is 86.2 cm³/mol. The molecule has 1 amide bonds. The maximum atomic E-state index is 12.3. The van der Waals surface area contributed by atoms with E-state index in [0.29, 0.717) is 19.6 Å². The number of carbonyl (C=O) groups is 1. The highest BCUT2D eigenvalue weighted by Gasteiger charge is 2.24. The quantitative estimate of drug-likeness (QED) is 0.706. The maximum Gasteiger partial charge on any atom is 0.237 e. The van der Waals surface area contributed by atoms with Crippen LogP contribution in [0.25, 0.3) is 0 Å². The number of nitrogens with zero attached hydrogens (tertiary/aromatic N) is 3. The van der Waals surface area contributed by atoms with Crippen molar-refractivity contribution in [3.63, 3.8) is 0 Å². The summed E-state index contributed by atoms with van der Waals surface area (Å²) in [5.74, 6) is 0.177. The second-order valence-electron chi connectivity index (χ2n) is 6.73. The third-order valence-corrected chi connectivity index (χ3v) is 3.63. The highest BCUT2D eigenvalue weighted by Crippen LogP contribution is 2.09. The van der Waals surface area contributed by atoms with Gasteiger partial charge in [0.05, 0.1) is 12.1 Å². The van der Waals surface area contributed by atoms with Gasteiger partial charge >= 0.3 is 0 Å². The first-order chi connectivity index (χ1) is 9.71. The minimum Gasteiger partial charge on any atom is -0.389 e. The number of likely N-dealkylation sites (N-methyl/N-ethyl adjacent to an activating group) is 1. The van der Waals surface area contributed by atoms with Crippen LogP contribution in [0, 0.1) is 0 Å². The van der Waals surface area contributed by atoms with Gasteiger partial charge in [-0.25, -0.2) is 0 Å². The standard InChI is InChI=1S/C16H31N3O2/c1-6-19(11-14(2)3)15(20)12-17-7-9-18(10-8-17)13-16(4,5)21/h21H,2,6-13H2,1,3-5H3. The van der Waals surface area contributed by atoms with E-state index in [1.807, 2.05) is 32.6 Å². The number of amides is 1. The van der Waals surface area contributed by atoms with E-state index in [2.05, 4.69) is 16.4 Å². The predicted octanol–water partition coefficient (Wildman–Crippen LogP) is 0.800. The molecule has 0 unspecified atom stereocenters. The zero-order chi connectivity index (χ0) is 16.0. The number of hydrogen-bond donors (Lipinski definition) is 1. The lowest BCUT2D eigenvalue weighted by molar-refractivity contribution is -0.132. The molecular formula is C16H31N3O2. The first kappa shape index (κ1) is 18.1. The number of carbonyl (C=O) groups excluding carboxylic acids is 1. The van der Waals surface area contributed by atoms with Crippen LogP contribution < -0.4 is 0 Å². The molecule has 0 bridgehead atoms. The molecule has 1 aliphatic rings. The molecule has 1 aliphatic heterocycles. The van der Waals surface area contributed by atoms with Gasteiger partial charge in [0.2, 0.25) is 5.91 Å². The van der Waals surface area contributed by atoms with Crippen molar-refractivity contribution in [2.75, 3.05) is 52.4 Å². The molecule has 0 aromatic rings. The number of aliphatic hydroxyl groups is 1. The van der Waals surface area contributed by atoms with Gasteiger partial charge in [0.15, 0.2) is 0 Å². The average molecular weight is 297 g/mol. The molecule has 1 rings (SSSR count). The summed E-state index contributed by atoms with van der Waals surface area (Å²) in [6, 6.07) is 0. The molecule has 21 heavy (non-hydrogen) atoms. The van der Waals surface area contributed by atoms with Crippen LogP contribution in [0.4, 0.5) is 0 Å². The number of β-amino-alcohol motifs (C(OH)–C–C–N with tert-alkyl or cyclic N) is 1. The fraction of sp³-hybridized carbons (Fsp3) is 0.812. The summed E-state index contributed by atoms with van der Waals surface area (Å²) < 4.78 is 0. The highest BCUT2D eigenvalue weighted by atomic mass is 16.3. The molecule has 0 radical (unpaired) electrons. The fourth-order valence-corrected chi connectivity index (χ4v) is 2.65. The van der Waals surface area contributed by atoms with Crippen LogP contribution in [0.15, 0.2) is 12.2 Å². The van der Waals surface area contributed by atoms with Crippen molar-refractivity contribution in [1.29, 1.82) is 0 Å². The molecule has 0 spiro atoms. The smallest absolute Gasteiger partial charge is 0.237 e. The Balaban J connectivity index is 2.37. The lowest BCUT2D eigenvalue weighted by Gasteiger charge is -2.37. The normalized spacial score (nSPS) is 17.8. The van der Waals surface area contributed by atoms with E-state index in [4.69, 9.17) is 0 Å². The van der Waals surface area contributed by atoms with E-state index < -0.39 is 5.60 Å². The van der Waals surface area contributed by atoms with Crippen LogP contribution in [0.5, 0.6) is 0 Å². The van der Waals surface area contributed by atoms with Crippen molar-refractivity contribution in [1.82, 2.24) is 14.7 Å². The van der Waals surface area contributed by atoms with Crippen LogP contribution >= 0.6 is 0 Å². The molecule has 0 saturated carbocycles. The summed E-state index contributed by atoms with van der Waals surface area (Å²) >= 11 is 0. The van der Waals surface area contributed by atoms with Gasteiger partial charge in [-0.05, 0) is 27.7 Å². The Hall–Kier alpha value is -0.910. The minimum atomic E-state index is -0.654. The fourth-order valence-electron chi connectivity index (χ4n) is 2.65. The Labute approximate surface area is 129 Å². The van der Waals surface area contributed by atoms with Gasteiger partial charge in [0.25, 0.3) is 0 Å². The summed E-state index contributed by atoms with van der Waals surface area (Å²) in [5.41, 5.74) is 0.360. The zero-order valence-corrected chi connectivity index (χ0v) is 14.1. The van der Waals surface area contributed by atoms with E-state index in [0.717, 1.165) is 38.3 Å². The lowest BCUT2D eigenvalue weighted by atomic mass is 10.1.